The van der Waals surface area contributed by atoms with E-state index in [4.69, 9.17) is 0 Å². The number of hydrogen-bond acceptors (Lipinski definition) is 3. The molecule has 0 aliphatic heterocycles. The Hall–Kier alpha value is -7.04. The highest BCUT2D eigenvalue weighted by Gasteiger charge is 2.22. The van der Waals surface area contributed by atoms with Crippen LogP contribution in [0.3, 0.4) is 0 Å². The van der Waals surface area contributed by atoms with E-state index in [2.05, 4.69) is 217 Å². The molecule has 3 heteroatoms. The summed E-state index contributed by atoms with van der Waals surface area (Å²) in [5, 5.41) is 10.2. The minimum absolute atomic E-state index is 1.12. The van der Waals surface area contributed by atoms with Crippen molar-refractivity contribution in [2.45, 2.75) is 0 Å². The van der Waals surface area contributed by atoms with Crippen LogP contribution in [0.1, 0.15) is 0 Å². The van der Waals surface area contributed by atoms with Crippen LogP contribution < -0.4 is 4.90 Å². The summed E-state index contributed by atoms with van der Waals surface area (Å²) >= 11 is 3.76. The molecule has 0 fully saturated rings. The highest BCUT2D eigenvalue weighted by Crippen LogP contribution is 2.49. The van der Waals surface area contributed by atoms with Gasteiger partial charge in [0.25, 0.3) is 0 Å². The van der Waals surface area contributed by atoms with Crippen molar-refractivity contribution in [2.75, 3.05) is 4.90 Å². The molecule has 2 heterocycles. The summed E-state index contributed by atoms with van der Waals surface area (Å²) in [5.74, 6) is 0. The van der Waals surface area contributed by atoms with Crippen molar-refractivity contribution in [1.29, 1.82) is 0 Å². The number of fused-ring (bicyclic) bond motifs is 8. The molecule has 1 nitrogen and oxygen atoms in total. The maximum atomic E-state index is 2.49. The van der Waals surface area contributed by atoms with Gasteiger partial charge in [0.1, 0.15) is 0 Å². The van der Waals surface area contributed by atoms with Crippen molar-refractivity contribution in [1.82, 2.24) is 0 Å². The van der Waals surface area contributed by atoms with E-state index in [0.717, 1.165) is 11.4 Å². The van der Waals surface area contributed by atoms with Gasteiger partial charge >= 0.3 is 0 Å². The molecule has 12 aromatic rings. The molecule has 2 aromatic heterocycles. The molecule has 0 radical (unpaired) electrons. The third kappa shape index (κ3) is 5.58. The zero-order chi connectivity index (χ0) is 38.9. The zero-order valence-electron chi connectivity index (χ0n) is 32.0. The van der Waals surface area contributed by atoms with Crippen LogP contribution in [0.4, 0.5) is 17.1 Å². The van der Waals surface area contributed by atoms with Crippen LogP contribution in [0.2, 0.25) is 0 Å². The molecule has 276 valence electrons. The lowest BCUT2D eigenvalue weighted by atomic mass is 9.95. The minimum atomic E-state index is 1.12. The Labute approximate surface area is 350 Å². The van der Waals surface area contributed by atoms with Gasteiger partial charge in [-0.15, -0.1) is 22.7 Å². The Kier molecular flexibility index (Phi) is 7.97. The lowest BCUT2D eigenvalue weighted by Crippen LogP contribution is -2.10. The van der Waals surface area contributed by atoms with Crippen LogP contribution in [0, 0.1) is 0 Å². The number of hydrogen-bond donors (Lipinski definition) is 0. The van der Waals surface area contributed by atoms with Crippen molar-refractivity contribution >= 4 is 102 Å². The predicted molar refractivity (Wildman–Crippen MR) is 258 cm³/mol. The smallest absolute Gasteiger partial charge is 0.0640 e. The van der Waals surface area contributed by atoms with E-state index in [0.29, 0.717) is 0 Å². The Balaban J connectivity index is 1.08. The first-order valence-corrected chi connectivity index (χ1v) is 21.7. The first-order valence-electron chi connectivity index (χ1n) is 20.1. The second-order valence-corrected chi connectivity index (χ2v) is 17.3. The van der Waals surface area contributed by atoms with Crippen molar-refractivity contribution < 1.29 is 0 Å². The van der Waals surface area contributed by atoms with Gasteiger partial charge in [0.05, 0.1) is 16.1 Å². The number of thiophene rings is 2. The van der Waals surface area contributed by atoms with Gasteiger partial charge in [0, 0.05) is 46.7 Å². The molecule has 59 heavy (non-hydrogen) atoms. The van der Waals surface area contributed by atoms with Gasteiger partial charge in [-0.3, -0.25) is 0 Å². The van der Waals surface area contributed by atoms with Crippen molar-refractivity contribution in [3.8, 4) is 33.4 Å². The van der Waals surface area contributed by atoms with E-state index in [1.165, 1.54) is 101 Å². The van der Waals surface area contributed by atoms with Gasteiger partial charge in [-0.25, -0.2) is 0 Å². The zero-order valence-corrected chi connectivity index (χ0v) is 33.6. The third-order valence-electron chi connectivity index (χ3n) is 11.9. The molecule has 0 spiro atoms. The standard InChI is InChI=1S/C56H35NS2/c1-2-13-37(14-3-1)44-22-11-23-48-49-24-12-25-52(56(49)59-55(44)48)57(40-30-27-38(28-31-40)42-21-10-16-36-15-4-5-17-41(36)42)51-33-32-43(45-18-6-7-19-46(45)51)39-29-34-54-50(35-39)47-20-8-9-26-53(47)58-54/h1-35H. The van der Waals surface area contributed by atoms with Crippen LogP contribution in [-0.2, 0) is 0 Å². The minimum Gasteiger partial charge on any atom is -0.308 e. The maximum absolute atomic E-state index is 2.49. The highest BCUT2D eigenvalue weighted by atomic mass is 32.1. The largest absolute Gasteiger partial charge is 0.308 e. The average molecular weight is 786 g/mol. The quantitative estimate of drug-likeness (QED) is 0.162. The molecule has 0 aliphatic rings. The van der Waals surface area contributed by atoms with E-state index in [1.807, 2.05) is 22.7 Å². The SMILES string of the molecule is c1ccc(-c2cccc3c2sc2c(N(c4ccc(-c5cccc6ccccc56)cc4)c4ccc(-c5ccc6sc7ccccc7c6c5)c5ccccc45)cccc23)cc1. The second kappa shape index (κ2) is 13.8. The normalized spacial score (nSPS) is 11.7. The van der Waals surface area contributed by atoms with E-state index in [-0.39, 0.29) is 0 Å². The van der Waals surface area contributed by atoms with Crippen LogP contribution in [0.25, 0.3) is 95.3 Å². The van der Waals surface area contributed by atoms with E-state index in [1.54, 1.807) is 0 Å². The van der Waals surface area contributed by atoms with Gasteiger partial charge in [-0.05, 0) is 92.0 Å². The molecular formula is C56H35NS2. The Morgan fingerprint density at radius 1 is 0.288 bits per heavy atom. The number of benzene rings is 10. The number of rotatable bonds is 6. The molecule has 0 N–H and O–H groups in total. The molecule has 0 saturated heterocycles. The summed E-state index contributed by atoms with van der Waals surface area (Å²) in [6.07, 6.45) is 0. The predicted octanol–water partition coefficient (Wildman–Crippen LogP) is 17.2. The second-order valence-electron chi connectivity index (χ2n) is 15.2. The van der Waals surface area contributed by atoms with Gasteiger partial charge in [0.15, 0.2) is 0 Å². The average Bonchev–Trinajstić information content (AvgIpc) is 3.88. The molecule has 0 unspecified atom stereocenters. The Bertz CT molecular complexity index is 3550. The van der Waals surface area contributed by atoms with E-state index < -0.39 is 0 Å². The highest BCUT2D eigenvalue weighted by molar-refractivity contribution is 7.27. The van der Waals surface area contributed by atoms with Crippen LogP contribution >= 0.6 is 22.7 Å². The van der Waals surface area contributed by atoms with E-state index >= 15 is 0 Å². The van der Waals surface area contributed by atoms with Crippen molar-refractivity contribution in [2.24, 2.45) is 0 Å². The van der Waals surface area contributed by atoms with E-state index in [9.17, 15) is 0 Å². The summed E-state index contributed by atoms with van der Waals surface area (Å²) in [6.45, 7) is 0. The summed E-state index contributed by atoms with van der Waals surface area (Å²) in [7, 11) is 0. The molecule has 0 atom stereocenters. The Morgan fingerprint density at radius 2 is 0.881 bits per heavy atom. The summed E-state index contributed by atoms with van der Waals surface area (Å²) in [6, 6.07) is 78.2. The monoisotopic (exact) mass is 785 g/mol. The van der Waals surface area contributed by atoms with Crippen LogP contribution in [0.15, 0.2) is 212 Å². The summed E-state index contributed by atoms with van der Waals surface area (Å²) in [5.41, 5.74) is 10.9. The maximum Gasteiger partial charge on any atom is 0.0640 e. The first-order chi connectivity index (χ1) is 29.3. The van der Waals surface area contributed by atoms with Crippen LogP contribution in [-0.4, -0.2) is 0 Å². The molecule has 0 bridgehead atoms. The Morgan fingerprint density at radius 3 is 1.75 bits per heavy atom. The fraction of sp³-hybridized carbons (Fsp3) is 0. The number of anilines is 3. The molecule has 0 aliphatic carbocycles. The molecule has 0 saturated carbocycles. The summed E-state index contributed by atoms with van der Waals surface area (Å²) < 4.78 is 5.23. The molecular weight excluding hydrogens is 751 g/mol. The molecule has 0 amide bonds. The third-order valence-corrected chi connectivity index (χ3v) is 14.3. The fourth-order valence-electron chi connectivity index (χ4n) is 9.13. The molecule has 12 rings (SSSR count). The van der Waals surface area contributed by atoms with Gasteiger partial charge in [-0.1, -0.05) is 170 Å². The lowest BCUT2D eigenvalue weighted by Gasteiger charge is -2.28. The van der Waals surface area contributed by atoms with Crippen molar-refractivity contribution in [3.63, 3.8) is 0 Å². The van der Waals surface area contributed by atoms with Crippen LogP contribution in [0.5, 0.6) is 0 Å². The number of nitrogens with zero attached hydrogens (tertiary/aromatic N) is 1. The fourth-order valence-corrected chi connectivity index (χ4v) is 11.6. The summed E-state index contributed by atoms with van der Waals surface area (Å²) in [4.78, 5) is 2.49. The van der Waals surface area contributed by atoms with Gasteiger partial charge < -0.3 is 4.90 Å². The molecule has 10 aromatic carbocycles. The topological polar surface area (TPSA) is 3.24 Å². The lowest BCUT2D eigenvalue weighted by molar-refractivity contribution is 1.32. The first kappa shape index (κ1) is 34.0. The van der Waals surface area contributed by atoms with Crippen molar-refractivity contribution in [3.05, 3.63) is 212 Å². The van der Waals surface area contributed by atoms with Gasteiger partial charge in [0.2, 0.25) is 0 Å². The van der Waals surface area contributed by atoms with Gasteiger partial charge in [-0.2, -0.15) is 0 Å².